The fraction of sp³-hybridized carbons (Fsp3) is 0.188. The number of aryl methyl sites for hydroxylation is 2. The van der Waals surface area contributed by atoms with E-state index in [9.17, 15) is 17.6 Å². The van der Waals surface area contributed by atoms with E-state index in [1.165, 1.54) is 30.3 Å². The fourth-order valence-corrected chi connectivity index (χ4v) is 3.54. The van der Waals surface area contributed by atoms with E-state index in [1.54, 1.807) is 13.8 Å². The monoisotopic (exact) mass is 337 g/mol. The highest BCUT2D eigenvalue weighted by Gasteiger charge is 2.21. The molecular weight excluding hydrogens is 321 g/mol. The van der Waals surface area contributed by atoms with Gasteiger partial charge in [-0.2, -0.15) is 0 Å². The van der Waals surface area contributed by atoms with Gasteiger partial charge < -0.3 is 5.11 Å². The van der Waals surface area contributed by atoms with Crippen LogP contribution in [0, 0.1) is 12.7 Å². The second-order valence-electron chi connectivity index (χ2n) is 5.07. The van der Waals surface area contributed by atoms with Crippen LogP contribution in [0.2, 0.25) is 0 Å². The van der Waals surface area contributed by atoms with Gasteiger partial charge in [-0.3, -0.25) is 4.72 Å². The molecule has 2 N–H and O–H groups in total. The van der Waals surface area contributed by atoms with Crippen LogP contribution in [-0.2, 0) is 16.4 Å². The molecule has 0 aliphatic carbocycles. The lowest BCUT2D eigenvalue weighted by Crippen LogP contribution is -2.17. The Morgan fingerprint density at radius 2 is 1.91 bits per heavy atom. The average Bonchev–Trinajstić information content (AvgIpc) is 2.50. The summed E-state index contributed by atoms with van der Waals surface area (Å²) in [7, 11) is -4.10. The molecule has 122 valence electrons. The van der Waals surface area contributed by atoms with Crippen molar-refractivity contribution < 1.29 is 22.7 Å². The summed E-state index contributed by atoms with van der Waals surface area (Å²) in [4.78, 5) is 10.9. The Balaban J connectivity index is 2.52. The Morgan fingerprint density at radius 1 is 1.22 bits per heavy atom. The molecule has 0 saturated heterocycles. The van der Waals surface area contributed by atoms with Gasteiger partial charge in [0, 0.05) is 0 Å². The molecule has 0 amide bonds. The van der Waals surface area contributed by atoms with Crippen LogP contribution in [0.5, 0.6) is 0 Å². The summed E-state index contributed by atoms with van der Waals surface area (Å²) in [5, 5.41) is 9.03. The number of sulfonamides is 1. The van der Waals surface area contributed by atoms with E-state index in [-0.39, 0.29) is 16.1 Å². The van der Waals surface area contributed by atoms with Crippen LogP contribution in [0.3, 0.4) is 0 Å². The van der Waals surface area contributed by atoms with Gasteiger partial charge in [0.2, 0.25) is 0 Å². The Morgan fingerprint density at radius 3 is 2.52 bits per heavy atom. The molecule has 0 aliphatic rings. The molecule has 0 fully saturated rings. The maximum Gasteiger partial charge on any atom is 0.335 e. The standard InChI is InChI=1S/C16H16FNO4S/c1-3-11-5-6-12(16(19)20)9-15(11)23(21,22)18-14-8-10(2)4-7-13(14)17/h4-9,18H,3H2,1-2H3,(H,19,20). The quantitative estimate of drug-likeness (QED) is 0.877. The Bertz CT molecular complexity index is 862. The number of carboxylic acid groups (broad SMARTS) is 1. The van der Waals surface area contributed by atoms with Gasteiger partial charge >= 0.3 is 5.97 Å². The molecule has 2 aromatic carbocycles. The second-order valence-corrected chi connectivity index (χ2v) is 6.72. The summed E-state index contributed by atoms with van der Waals surface area (Å²) < 4.78 is 41.1. The van der Waals surface area contributed by atoms with Gasteiger partial charge in [-0.1, -0.05) is 19.1 Å². The number of benzene rings is 2. The van der Waals surface area contributed by atoms with Crippen molar-refractivity contribution in [2.75, 3.05) is 4.72 Å². The average molecular weight is 337 g/mol. The molecule has 7 heteroatoms. The molecule has 0 atom stereocenters. The number of rotatable bonds is 5. The first-order valence-electron chi connectivity index (χ1n) is 6.90. The van der Waals surface area contributed by atoms with Gasteiger partial charge in [-0.05, 0) is 48.7 Å². The van der Waals surface area contributed by atoms with Crippen molar-refractivity contribution in [3.05, 3.63) is 58.9 Å². The van der Waals surface area contributed by atoms with Crippen LogP contribution in [0.4, 0.5) is 10.1 Å². The van der Waals surface area contributed by atoms with E-state index in [2.05, 4.69) is 4.72 Å². The van der Waals surface area contributed by atoms with E-state index in [0.717, 1.165) is 6.07 Å². The molecule has 0 saturated carbocycles. The van der Waals surface area contributed by atoms with E-state index in [4.69, 9.17) is 5.11 Å². The number of carboxylic acids is 1. The minimum atomic E-state index is -4.10. The second kappa shape index (κ2) is 6.37. The third-order valence-corrected chi connectivity index (χ3v) is 4.80. The molecule has 23 heavy (non-hydrogen) atoms. The predicted octanol–water partition coefficient (Wildman–Crippen LogP) is 3.20. The lowest BCUT2D eigenvalue weighted by Gasteiger charge is -2.13. The highest BCUT2D eigenvalue weighted by Crippen LogP contribution is 2.24. The molecule has 0 radical (unpaired) electrons. The van der Waals surface area contributed by atoms with Gasteiger partial charge in [0.15, 0.2) is 0 Å². The zero-order chi connectivity index (χ0) is 17.2. The van der Waals surface area contributed by atoms with E-state index < -0.39 is 21.8 Å². The van der Waals surface area contributed by atoms with Crippen molar-refractivity contribution >= 4 is 21.7 Å². The molecule has 0 aliphatic heterocycles. The van der Waals surface area contributed by atoms with Crippen molar-refractivity contribution in [1.29, 1.82) is 0 Å². The molecule has 5 nitrogen and oxygen atoms in total. The van der Waals surface area contributed by atoms with Crippen molar-refractivity contribution in [2.24, 2.45) is 0 Å². The van der Waals surface area contributed by atoms with Crippen LogP contribution >= 0.6 is 0 Å². The van der Waals surface area contributed by atoms with E-state index in [0.29, 0.717) is 17.5 Å². The van der Waals surface area contributed by atoms with E-state index >= 15 is 0 Å². The highest BCUT2D eigenvalue weighted by molar-refractivity contribution is 7.92. The smallest absolute Gasteiger partial charge is 0.335 e. The van der Waals surface area contributed by atoms with Gasteiger partial charge in [0.25, 0.3) is 10.0 Å². The number of halogens is 1. The normalized spacial score (nSPS) is 11.3. The van der Waals surface area contributed by atoms with Crippen LogP contribution < -0.4 is 4.72 Å². The van der Waals surface area contributed by atoms with Crippen molar-refractivity contribution in [3.63, 3.8) is 0 Å². The molecule has 0 spiro atoms. The topological polar surface area (TPSA) is 83.5 Å². The highest BCUT2D eigenvalue weighted by atomic mass is 32.2. The molecule has 0 aromatic heterocycles. The van der Waals surface area contributed by atoms with Crippen molar-refractivity contribution in [2.45, 2.75) is 25.2 Å². The summed E-state index contributed by atoms with van der Waals surface area (Å²) in [6, 6.07) is 7.94. The van der Waals surface area contributed by atoms with E-state index in [1.807, 2.05) is 0 Å². The number of hydrogen-bond acceptors (Lipinski definition) is 3. The minimum absolute atomic E-state index is 0.146. The Labute approximate surface area is 133 Å². The molecule has 0 unspecified atom stereocenters. The number of aromatic carboxylic acids is 1. The van der Waals surface area contributed by atoms with Crippen molar-refractivity contribution in [3.8, 4) is 0 Å². The molecular formula is C16H16FNO4S. The lowest BCUT2D eigenvalue weighted by molar-refractivity contribution is 0.0696. The summed E-state index contributed by atoms with van der Waals surface area (Å²) in [5.74, 6) is -1.93. The van der Waals surface area contributed by atoms with Crippen LogP contribution in [0.1, 0.15) is 28.4 Å². The summed E-state index contributed by atoms with van der Waals surface area (Å²) >= 11 is 0. The number of hydrogen-bond donors (Lipinski definition) is 2. The van der Waals surface area contributed by atoms with Gasteiger partial charge in [-0.15, -0.1) is 0 Å². The SMILES string of the molecule is CCc1ccc(C(=O)O)cc1S(=O)(=O)Nc1cc(C)ccc1F. The first-order chi connectivity index (χ1) is 10.7. The number of anilines is 1. The number of nitrogens with one attached hydrogen (secondary N) is 1. The fourth-order valence-electron chi connectivity index (χ4n) is 2.15. The first kappa shape index (κ1) is 17.0. The third-order valence-electron chi connectivity index (χ3n) is 3.35. The molecule has 2 aromatic rings. The van der Waals surface area contributed by atoms with Gasteiger partial charge in [0.05, 0.1) is 16.1 Å². The Hall–Kier alpha value is -2.41. The zero-order valence-corrected chi connectivity index (χ0v) is 13.4. The summed E-state index contributed by atoms with van der Waals surface area (Å²) in [6.45, 7) is 3.46. The molecule has 2 rings (SSSR count). The molecule has 0 heterocycles. The van der Waals surface area contributed by atoms with Gasteiger partial charge in [-0.25, -0.2) is 17.6 Å². The van der Waals surface area contributed by atoms with Crippen LogP contribution in [-0.4, -0.2) is 19.5 Å². The summed E-state index contributed by atoms with van der Waals surface area (Å²) in [5.41, 5.74) is 0.828. The van der Waals surface area contributed by atoms with Crippen LogP contribution in [0.15, 0.2) is 41.3 Å². The lowest BCUT2D eigenvalue weighted by atomic mass is 10.1. The first-order valence-corrected chi connectivity index (χ1v) is 8.38. The largest absolute Gasteiger partial charge is 0.478 e. The maximum atomic E-state index is 13.8. The predicted molar refractivity (Wildman–Crippen MR) is 84.7 cm³/mol. The summed E-state index contributed by atoms with van der Waals surface area (Å²) in [6.07, 6.45) is 0.395. The van der Waals surface area contributed by atoms with Gasteiger partial charge in [0.1, 0.15) is 5.82 Å². The zero-order valence-electron chi connectivity index (χ0n) is 12.6. The van der Waals surface area contributed by atoms with Crippen LogP contribution in [0.25, 0.3) is 0 Å². The van der Waals surface area contributed by atoms with Crippen molar-refractivity contribution in [1.82, 2.24) is 0 Å². The Kier molecular flexibility index (Phi) is 4.70. The molecule has 0 bridgehead atoms. The number of carbonyl (C=O) groups is 1. The minimum Gasteiger partial charge on any atom is -0.478 e. The maximum absolute atomic E-state index is 13.8. The third kappa shape index (κ3) is 3.68.